The van der Waals surface area contributed by atoms with Crippen LogP contribution in [0.1, 0.15) is 44.8 Å². The number of hydrogen-bond donors (Lipinski definition) is 1. The van der Waals surface area contributed by atoms with Crippen molar-refractivity contribution in [1.29, 1.82) is 0 Å². The summed E-state index contributed by atoms with van der Waals surface area (Å²) < 4.78 is 1.87. The van der Waals surface area contributed by atoms with E-state index in [0.717, 1.165) is 0 Å². The minimum absolute atomic E-state index is 0.517. The van der Waals surface area contributed by atoms with Gasteiger partial charge in [0.05, 0.1) is 12.2 Å². The molecule has 0 saturated heterocycles. The van der Waals surface area contributed by atoms with Gasteiger partial charge in [0.2, 0.25) is 0 Å². The van der Waals surface area contributed by atoms with Gasteiger partial charge in [0.15, 0.2) is 0 Å². The molecule has 1 heterocycles. The molecule has 0 spiro atoms. The third-order valence-electron chi connectivity index (χ3n) is 2.59. The summed E-state index contributed by atoms with van der Waals surface area (Å²) in [7, 11) is 0. The topological polar surface area (TPSA) is 50.9 Å². The molecular weight excluding hydrogens is 166 g/mol. The van der Waals surface area contributed by atoms with Gasteiger partial charge in [-0.1, -0.05) is 5.21 Å². The molecule has 1 aromatic rings. The van der Waals surface area contributed by atoms with Gasteiger partial charge in [-0.25, -0.2) is 4.68 Å². The highest BCUT2D eigenvalue weighted by molar-refractivity contribution is 5.03. The molecule has 72 valence electrons. The molecule has 1 aliphatic carbocycles. The van der Waals surface area contributed by atoms with E-state index in [1.165, 1.54) is 19.3 Å². The van der Waals surface area contributed by atoms with Crippen molar-refractivity contribution in [3.05, 3.63) is 11.9 Å². The number of aromatic nitrogens is 3. The minimum atomic E-state index is -0.873. The van der Waals surface area contributed by atoms with E-state index in [-0.39, 0.29) is 0 Å². The van der Waals surface area contributed by atoms with Crippen LogP contribution in [-0.4, -0.2) is 20.1 Å². The molecule has 1 aliphatic rings. The molecule has 0 amide bonds. The third-order valence-corrected chi connectivity index (χ3v) is 2.59. The van der Waals surface area contributed by atoms with Gasteiger partial charge in [0.1, 0.15) is 11.3 Å². The van der Waals surface area contributed by atoms with Crippen LogP contribution < -0.4 is 0 Å². The molecule has 0 unspecified atom stereocenters. The minimum Gasteiger partial charge on any atom is -0.384 e. The Bertz CT molecular complexity index is 296. The Morgan fingerprint density at radius 2 is 2.23 bits per heavy atom. The Labute approximate surface area is 77.6 Å². The van der Waals surface area contributed by atoms with Gasteiger partial charge < -0.3 is 5.11 Å². The lowest BCUT2D eigenvalue weighted by atomic mass is 9.93. The first-order valence-corrected chi connectivity index (χ1v) is 4.72. The summed E-state index contributed by atoms with van der Waals surface area (Å²) in [5.41, 5.74) is -0.221. The first-order valence-electron chi connectivity index (χ1n) is 4.72. The number of nitrogens with zero attached hydrogens (tertiary/aromatic N) is 3. The van der Waals surface area contributed by atoms with Crippen molar-refractivity contribution in [3.8, 4) is 0 Å². The molecule has 4 heteroatoms. The van der Waals surface area contributed by atoms with Crippen LogP contribution >= 0.6 is 0 Å². The highest BCUT2D eigenvalue weighted by Gasteiger charge is 2.24. The highest BCUT2D eigenvalue weighted by Crippen LogP contribution is 2.31. The lowest BCUT2D eigenvalue weighted by Gasteiger charge is -2.24. The van der Waals surface area contributed by atoms with E-state index < -0.39 is 5.60 Å². The Hall–Kier alpha value is -0.900. The number of rotatable bonds is 2. The van der Waals surface area contributed by atoms with E-state index >= 15 is 0 Å². The largest absolute Gasteiger partial charge is 0.384 e. The van der Waals surface area contributed by atoms with Crippen molar-refractivity contribution in [2.24, 2.45) is 0 Å². The Balaban J connectivity index is 2.17. The van der Waals surface area contributed by atoms with Gasteiger partial charge in [-0.05, 0) is 33.1 Å². The van der Waals surface area contributed by atoms with Crippen molar-refractivity contribution >= 4 is 0 Å². The lowest BCUT2D eigenvalue weighted by Crippen LogP contribution is -2.18. The summed E-state index contributed by atoms with van der Waals surface area (Å²) >= 11 is 0. The predicted octanol–water partition coefficient (Wildman–Crippen LogP) is 1.23. The van der Waals surface area contributed by atoms with E-state index in [2.05, 4.69) is 10.3 Å². The van der Waals surface area contributed by atoms with Crippen LogP contribution in [-0.2, 0) is 5.60 Å². The second kappa shape index (κ2) is 2.80. The fourth-order valence-corrected chi connectivity index (χ4v) is 1.39. The third kappa shape index (κ3) is 1.58. The van der Waals surface area contributed by atoms with Crippen LogP contribution in [0.15, 0.2) is 6.20 Å². The SMILES string of the molecule is CC(C)(O)c1cn(C2CCC2)nn1. The zero-order valence-corrected chi connectivity index (χ0v) is 8.06. The van der Waals surface area contributed by atoms with Crippen LogP contribution in [0.4, 0.5) is 0 Å². The molecule has 4 nitrogen and oxygen atoms in total. The number of aliphatic hydroxyl groups is 1. The van der Waals surface area contributed by atoms with Crippen LogP contribution in [0.3, 0.4) is 0 Å². The first-order chi connectivity index (χ1) is 6.07. The van der Waals surface area contributed by atoms with Crippen LogP contribution in [0.2, 0.25) is 0 Å². The van der Waals surface area contributed by atoms with Crippen LogP contribution in [0, 0.1) is 0 Å². The van der Waals surface area contributed by atoms with E-state index in [9.17, 15) is 5.11 Å². The molecule has 0 aromatic carbocycles. The molecule has 13 heavy (non-hydrogen) atoms. The molecule has 0 aliphatic heterocycles. The van der Waals surface area contributed by atoms with Gasteiger partial charge >= 0.3 is 0 Å². The molecule has 0 radical (unpaired) electrons. The standard InChI is InChI=1S/C9H15N3O/c1-9(2,13)8-6-12(11-10-8)7-4-3-5-7/h6-7,13H,3-5H2,1-2H3. The van der Waals surface area contributed by atoms with Crippen LogP contribution in [0.5, 0.6) is 0 Å². The fraction of sp³-hybridized carbons (Fsp3) is 0.778. The smallest absolute Gasteiger partial charge is 0.114 e. The van der Waals surface area contributed by atoms with Crippen molar-refractivity contribution in [2.45, 2.75) is 44.8 Å². The Morgan fingerprint density at radius 1 is 1.54 bits per heavy atom. The molecule has 1 aromatic heterocycles. The molecule has 1 fully saturated rings. The van der Waals surface area contributed by atoms with E-state index in [0.29, 0.717) is 11.7 Å². The molecule has 1 N–H and O–H groups in total. The van der Waals surface area contributed by atoms with Crippen LogP contribution in [0.25, 0.3) is 0 Å². The van der Waals surface area contributed by atoms with Gasteiger partial charge in [-0.3, -0.25) is 0 Å². The van der Waals surface area contributed by atoms with Crippen molar-refractivity contribution in [2.75, 3.05) is 0 Å². The van der Waals surface area contributed by atoms with Crippen molar-refractivity contribution in [3.63, 3.8) is 0 Å². The molecule has 2 rings (SSSR count). The first kappa shape index (κ1) is 8.69. The summed E-state index contributed by atoms with van der Waals surface area (Å²) in [6, 6.07) is 0.517. The van der Waals surface area contributed by atoms with Gasteiger partial charge in [-0.2, -0.15) is 0 Å². The van der Waals surface area contributed by atoms with E-state index in [1.807, 2.05) is 10.9 Å². The maximum absolute atomic E-state index is 9.66. The van der Waals surface area contributed by atoms with E-state index in [4.69, 9.17) is 0 Å². The summed E-state index contributed by atoms with van der Waals surface area (Å²) in [6.07, 6.45) is 5.51. The lowest BCUT2D eigenvalue weighted by molar-refractivity contribution is 0.0736. The maximum atomic E-state index is 9.66. The second-order valence-corrected chi connectivity index (χ2v) is 4.23. The maximum Gasteiger partial charge on any atom is 0.114 e. The summed E-state index contributed by atoms with van der Waals surface area (Å²) in [5, 5.41) is 17.6. The Kier molecular flexibility index (Phi) is 1.87. The molecule has 0 atom stereocenters. The second-order valence-electron chi connectivity index (χ2n) is 4.23. The van der Waals surface area contributed by atoms with Gasteiger partial charge in [0.25, 0.3) is 0 Å². The predicted molar refractivity (Wildman–Crippen MR) is 48.2 cm³/mol. The molecule has 1 saturated carbocycles. The zero-order chi connectivity index (χ0) is 9.47. The average molecular weight is 181 g/mol. The normalized spacial score (nSPS) is 18.7. The molecular formula is C9H15N3O. The summed E-state index contributed by atoms with van der Waals surface area (Å²) in [6.45, 7) is 3.45. The van der Waals surface area contributed by atoms with E-state index in [1.54, 1.807) is 13.8 Å². The van der Waals surface area contributed by atoms with Gasteiger partial charge in [-0.15, -0.1) is 5.10 Å². The Morgan fingerprint density at radius 3 is 2.62 bits per heavy atom. The van der Waals surface area contributed by atoms with Gasteiger partial charge in [0, 0.05) is 0 Å². The van der Waals surface area contributed by atoms with Crippen molar-refractivity contribution in [1.82, 2.24) is 15.0 Å². The highest BCUT2D eigenvalue weighted by atomic mass is 16.3. The quantitative estimate of drug-likeness (QED) is 0.746. The summed E-state index contributed by atoms with van der Waals surface area (Å²) in [4.78, 5) is 0. The number of hydrogen-bond acceptors (Lipinski definition) is 3. The molecule has 0 bridgehead atoms. The van der Waals surface area contributed by atoms with Crippen molar-refractivity contribution < 1.29 is 5.11 Å². The fourth-order valence-electron chi connectivity index (χ4n) is 1.39. The zero-order valence-electron chi connectivity index (χ0n) is 8.06. The summed E-state index contributed by atoms with van der Waals surface area (Å²) in [5.74, 6) is 0. The average Bonchev–Trinajstić information content (AvgIpc) is 2.29. The monoisotopic (exact) mass is 181 g/mol.